The molecule has 0 nitrogen and oxygen atoms in total. The summed E-state index contributed by atoms with van der Waals surface area (Å²) < 4.78 is 0. The smallest absolute Gasteiger partial charge is 0.00107 e. The van der Waals surface area contributed by atoms with Crippen LogP contribution < -0.4 is 0 Å². The molecule has 0 heteroatoms. The van der Waals surface area contributed by atoms with Gasteiger partial charge >= 0.3 is 0 Å². The van der Waals surface area contributed by atoms with E-state index in [2.05, 4.69) is 72.8 Å². The van der Waals surface area contributed by atoms with Crippen molar-refractivity contribution in [2.75, 3.05) is 0 Å². The third-order valence-corrected chi connectivity index (χ3v) is 5.50. The lowest BCUT2D eigenvalue weighted by molar-refractivity contribution is 0.906. The molecule has 0 aromatic heterocycles. The van der Waals surface area contributed by atoms with E-state index in [-0.39, 0.29) is 0 Å². The average molecular weight is 308 g/mol. The summed E-state index contributed by atoms with van der Waals surface area (Å²) in [5, 5.41) is 0. The minimum Gasteiger partial charge on any atom is -0.0649 e. The number of hydrogen-bond acceptors (Lipinski definition) is 0. The molecule has 5 rings (SSSR count). The average Bonchev–Trinajstić information content (AvgIpc) is 3.21. The Bertz CT molecular complexity index is 959. The van der Waals surface area contributed by atoms with Gasteiger partial charge in [0, 0.05) is 0 Å². The van der Waals surface area contributed by atoms with Gasteiger partial charge in [0.05, 0.1) is 0 Å². The maximum absolute atomic E-state index is 2.40. The third kappa shape index (κ3) is 2.22. The van der Waals surface area contributed by atoms with Gasteiger partial charge in [0.25, 0.3) is 0 Å². The quantitative estimate of drug-likeness (QED) is 0.446. The summed E-state index contributed by atoms with van der Waals surface area (Å²) in [6, 6.07) is 24.5. The molecule has 0 N–H and O–H groups in total. The molecule has 24 heavy (non-hydrogen) atoms. The van der Waals surface area contributed by atoms with Gasteiger partial charge in [-0.1, -0.05) is 78.4 Å². The highest BCUT2D eigenvalue weighted by Gasteiger charge is 2.20. The molecular weight excluding hydrogens is 288 g/mol. The number of benzene rings is 3. The number of aryl methyl sites for hydroxylation is 1. The molecule has 0 fully saturated rings. The van der Waals surface area contributed by atoms with Gasteiger partial charge in [-0.3, -0.25) is 0 Å². The Kier molecular flexibility index (Phi) is 3.16. The van der Waals surface area contributed by atoms with E-state index in [1.165, 1.54) is 39.8 Å². The van der Waals surface area contributed by atoms with Crippen molar-refractivity contribution < 1.29 is 0 Å². The van der Waals surface area contributed by atoms with Crippen LogP contribution in [0.4, 0.5) is 0 Å². The summed E-state index contributed by atoms with van der Waals surface area (Å²) >= 11 is 0. The lowest BCUT2D eigenvalue weighted by Gasteiger charge is -2.09. The van der Waals surface area contributed by atoms with E-state index in [0.717, 1.165) is 19.3 Å². The molecular formula is C24H20. The first-order chi connectivity index (χ1) is 11.9. The molecule has 0 amide bonds. The topological polar surface area (TPSA) is 0 Å². The highest BCUT2D eigenvalue weighted by atomic mass is 14.2. The van der Waals surface area contributed by atoms with Crippen LogP contribution in [0, 0.1) is 0 Å². The Hall–Kier alpha value is -2.60. The van der Waals surface area contributed by atoms with Crippen LogP contribution in [0.15, 0.2) is 72.3 Å². The second-order valence-corrected chi connectivity index (χ2v) is 6.96. The van der Waals surface area contributed by atoms with Crippen molar-refractivity contribution in [3.05, 3.63) is 100 Å². The second kappa shape index (κ2) is 5.49. The van der Waals surface area contributed by atoms with Crippen LogP contribution in [0.25, 0.3) is 17.2 Å². The van der Waals surface area contributed by atoms with E-state index in [0.29, 0.717) is 0 Å². The lowest BCUT2D eigenvalue weighted by Crippen LogP contribution is -1.95. The Morgan fingerprint density at radius 3 is 2.33 bits per heavy atom. The highest BCUT2D eigenvalue weighted by molar-refractivity contribution is 5.77. The molecule has 0 bridgehead atoms. The van der Waals surface area contributed by atoms with E-state index in [4.69, 9.17) is 0 Å². The van der Waals surface area contributed by atoms with Crippen LogP contribution in [0.5, 0.6) is 0 Å². The number of allylic oxidation sites excluding steroid dienone is 1. The van der Waals surface area contributed by atoms with Gasteiger partial charge in [-0.15, -0.1) is 0 Å². The monoisotopic (exact) mass is 308 g/mol. The molecule has 0 atom stereocenters. The van der Waals surface area contributed by atoms with E-state index < -0.39 is 0 Å². The summed E-state index contributed by atoms with van der Waals surface area (Å²) in [7, 11) is 0. The molecule has 3 aromatic carbocycles. The molecule has 2 aliphatic carbocycles. The van der Waals surface area contributed by atoms with Crippen LogP contribution >= 0.6 is 0 Å². The van der Waals surface area contributed by atoms with Gasteiger partial charge in [0.1, 0.15) is 0 Å². The van der Waals surface area contributed by atoms with Crippen molar-refractivity contribution in [2.45, 2.75) is 25.7 Å². The first-order valence-electron chi connectivity index (χ1n) is 8.85. The Labute approximate surface area is 143 Å². The van der Waals surface area contributed by atoms with Crippen molar-refractivity contribution in [2.24, 2.45) is 0 Å². The molecule has 0 aliphatic heterocycles. The fourth-order valence-electron chi connectivity index (χ4n) is 4.26. The molecule has 0 spiro atoms. The van der Waals surface area contributed by atoms with Crippen molar-refractivity contribution >= 4 is 6.08 Å². The fraction of sp³-hybridized carbons (Fsp3) is 0.167. The van der Waals surface area contributed by atoms with E-state index in [1.54, 1.807) is 11.1 Å². The van der Waals surface area contributed by atoms with Crippen molar-refractivity contribution in [3.63, 3.8) is 0 Å². The zero-order valence-electron chi connectivity index (χ0n) is 13.8. The SMILES string of the molecule is C1=C(CCc2cccc3c2Cc2ccccc2-3)Cc2ccccc21. The molecule has 0 saturated carbocycles. The second-order valence-electron chi connectivity index (χ2n) is 6.96. The summed E-state index contributed by atoms with van der Waals surface area (Å²) in [5.74, 6) is 0. The van der Waals surface area contributed by atoms with E-state index >= 15 is 0 Å². The first kappa shape index (κ1) is 13.8. The summed E-state index contributed by atoms with van der Waals surface area (Å²) in [6.07, 6.45) is 6.94. The maximum Gasteiger partial charge on any atom is -0.00107 e. The van der Waals surface area contributed by atoms with Gasteiger partial charge in [-0.25, -0.2) is 0 Å². The minimum atomic E-state index is 1.10. The van der Waals surface area contributed by atoms with Crippen molar-refractivity contribution in [3.8, 4) is 11.1 Å². The predicted octanol–water partition coefficient (Wildman–Crippen LogP) is 5.83. The zero-order chi connectivity index (χ0) is 15.9. The summed E-state index contributed by atoms with van der Waals surface area (Å²) in [4.78, 5) is 0. The standard InChI is InChI=1S/C24H20/c1-2-7-20-15-17(14-19(20)6-1)12-13-18-9-5-11-23-22-10-4-3-8-21(22)16-24(18)23/h1-11,14H,12-13,15-16H2. The molecule has 0 unspecified atom stereocenters. The van der Waals surface area contributed by atoms with E-state index in [1.807, 2.05) is 0 Å². The Morgan fingerprint density at radius 2 is 1.42 bits per heavy atom. The van der Waals surface area contributed by atoms with Crippen molar-refractivity contribution in [1.29, 1.82) is 0 Å². The predicted molar refractivity (Wildman–Crippen MR) is 101 cm³/mol. The number of fused-ring (bicyclic) bond motifs is 4. The summed E-state index contributed by atoms with van der Waals surface area (Å²) in [6.45, 7) is 0. The third-order valence-electron chi connectivity index (χ3n) is 5.50. The van der Waals surface area contributed by atoms with E-state index in [9.17, 15) is 0 Å². The largest absolute Gasteiger partial charge is 0.0649 e. The van der Waals surface area contributed by atoms with Crippen LogP contribution in [0.3, 0.4) is 0 Å². The Balaban J connectivity index is 1.39. The highest BCUT2D eigenvalue weighted by Crippen LogP contribution is 2.39. The van der Waals surface area contributed by atoms with Gasteiger partial charge in [0.15, 0.2) is 0 Å². The zero-order valence-corrected chi connectivity index (χ0v) is 13.8. The van der Waals surface area contributed by atoms with Crippen LogP contribution in [0.1, 0.15) is 34.2 Å². The van der Waals surface area contributed by atoms with Crippen molar-refractivity contribution in [1.82, 2.24) is 0 Å². The maximum atomic E-state index is 2.40. The van der Waals surface area contributed by atoms with Gasteiger partial charge in [-0.2, -0.15) is 0 Å². The number of rotatable bonds is 3. The van der Waals surface area contributed by atoms with Gasteiger partial charge < -0.3 is 0 Å². The first-order valence-corrected chi connectivity index (χ1v) is 8.85. The fourth-order valence-corrected chi connectivity index (χ4v) is 4.26. The lowest BCUT2D eigenvalue weighted by atomic mass is 9.96. The Morgan fingerprint density at radius 1 is 0.625 bits per heavy atom. The molecule has 116 valence electrons. The molecule has 0 heterocycles. The van der Waals surface area contributed by atoms with Gasteiger partial charge in [-0.05, 0) is 64.6 Å². The van der Waals surface area contributed by atoms with Gasteiger partial charge in [0.2, 0.25) is 0 Å². The number of hydrogen-bond donors (Lipinski definition) is 0. The molecule has 0 saturated heterocycles. The molecule has 0 radical (unpaired) electrons. The normalized spacial score (nSPS) is 14.1. The van der Waals surface area contributed by atoms with Crippen LogP contribution in [-0.2, 0) is 19.3 Å². The molecule has 2 aliphatic rings. The van der Waals surface area contributed by atoms with Crippen LogP contribution in [-0.4, -0.2) is 0 Å². The summed E-state index contributed by atoms with van der Waals surface area (Å²) in [5.41, 5.74) is 11.9. The molecule has 3 aromatic rings. The van der Waals surface area contributed by atoms with Crippen LogP contribution in [0.2, 0.25) is 0 Å². The minimum absolute atomic E-state index is 1.10.